The van der Waals surface area contributed by atoms with E-state index in [4.69, 9.17) is 9.47 Å². The van der Waals surface area contributed by atoms with Crippen molar-refractivity contribution in [2.24, 2.45) is 28.1 Å². The molecule has 6 heteroatoms. The van der Waals surface area contributed by atoms with Gasteiger partial charge in [-0.25, -0.2) is 4.79 Å². The second-order valence-corrected chi connectivity index (χ2v) is 12.8. The van der Waals surface area contributed by atoms with Gasteiger partial charge in [0.2, 0.25) is 0 Å². The van der Waals surface area contributed by atoms with E-state index in [0.29, 0.717) is 38.0 Å². The van der Waals surface area contributed by atoms with Gasteiger partial charge in [0, 0.05) is 30.3 Å². The van der Waals surface area contributed by atoms with Crippen molar-refractivity contribution in [3.05, 3.63) is 11.6 Å². The van der Waals surface area contributed by atoms with E-state index in [-0.39, 0.29) is 36.3 Å². The second kappa shape index (κ2) is 9.17. The van der Waals surface area contributed by atoms with Crippen LogP contribution in [0.1, 0.15) is 97.8 Å². The maximum atomic E-state index is 12.9. The molecule has 7 atom stereocenters. The molecular weight excluding hydrogens is 456 g/mol. The van der Waals surface area contributed by atoms with Crippen molar-refractivity contribution in [1.82, 2.24) is 0 Å². The Bertz CT molecular complexity index is 1000. The van der Waals surface area contributed by atoms with E-state index in [1.165, 1.54) is 25.3 Å². The van der Waals surface area contributed by atoms with Crippen molar-refractivity contribution in [2.45, 2.75) is 116 Å². The summed E-state index contributed by atoms with van der Waals surface area (Å²) in [5.41, 5.74) is -2.45. The number of fused-ring (bicyclic) bond motifs is 4. The smallest absolute Gasteiger partial charge is 0.331 e. The molecule has 3 aliphatic carbocycles. The van der Waals surface area contributed by atoms with Crippen LogP contribution in [0.3, 0.4) is 0 Å². The van der Waals surface area contributed by atoms with Gasteiger partial charge in [-0.3, -0.25) is 4.79 Å². The number of aliphatic hydroxyl groups is 2. The molecule has 3 saturated carbocycles. The molecule has 2 N–H and O–H groups in total. The minimum Gasteiger partial charge on any atom is -0.462 e. The number of aliphatic hydroxyl groups excluding tert-OH is 1. The summed E-state index contributed by atoms with van der Waals surface area (Å²) in [5.74, 6) is 6.27. The Morgan fingerprint density at radius 2 is 1.86 bits per heavy atom. The number of carbonyl (C=O) groups excluding carboxylic acids is 2. The molecule has 198 valence electrons. The number of cyclic esters (lactones) is 1. The lowest BCUT2D eigenvalue weighted by atomic mass is 9.37. The van der Waals surface area contributed by atoms with Gasteiger partial charge in [-0.1, -0.05) is 39.0 Å². The first-order valence-electron chi connectivity index (χ1n) is 14.0. The van der Waals surface area contributed by atoms with Crippen molar-refractivity contribution in [3.63, 3.8) is 0 Å². The lowest BCUT2D eigenvalue weighted by Crippen LogP contribution is -2.75. The molecule has 2 heterocycles. The zero-order chi connectivity index (χ0) is 25.8. The van der Waals surface area contributed by atoms with Crippen LogP contribution in [-0.4, -0.2) is 46.6 Å². The van der Waals surface area contributed by atoms with Crippen LogP contribution in [0.25, 0.3) is 0 Å². The number of hydrogen-bond donors (Lipinski definition) is 2. The monoisotopic (exact) mass is 498 g/mol. The highest BCUT2D eigenvalue weighted by molar-refractivity contribution is 5.85. The molecule has 0 aromatic carbocycles. The largest absolute Gasteiger partial charge is 0.462 e. The van der Waals surface area contributed by atoms with Crippen LogP contribution in [0.4, 0.5) is 0 Å². The molecule has 0 aromatic rings. The van der Waals surface area contributed by atoms with Crippen LogP contribution in [0.15, 0.2) is 11.6 Å². The number of rotatable bonds is 4. The van der Waals surface area contributed by atoms with Gasteiger partial charge in [0.1, 0.15) is 12.7 Å². The van der Waals surface area contributed by atoms with Crippen molar-refractivity contribution in [2.75, 3.05) is 6.61 Å². The summed E-state index contributed by atoms with van der Waals surface area (Å²) in [7, 11) is 0. The standard InChI is InChI=1S/C30H42O6/c1-27-14-8-7-11-24(32)36-22(18-27)26-28(2,21-9-5-4-6-10-21)15-13-23(31)29(26,3)30(27,34)16-12-20-17-25(33)35-19-20/h17,21-23,26,31,34H,4-7,9-13,15-16,18-19H2,1-3H3. The lowest BCUT2D eigenvalue weighted by Gasteiger charge is -2.70. The molecular formula is C30H42O6. The topological polar surface area (TPSA) is 93.1 Å². The van der Waals surface area contributed by atoms with Crippen LogP contribution >= 0.6 is 0 Å². The van der Waals surface area contributed by atoms with Crippen molar-refractivity contribution in [3.8, 4) is 11.8 Å². The molecule has 2 aliphatic heterocycles. The van der Waals surface area contributed by atoms with Gasteiger partial charge in [-0.05, 0) is 62.4 Å². The molecule has 0 amide bonds. The second-order valence-electron chi connectivity index (χ2n) is 12.8. The highest BCUT2D eigenvalue weighted by atomic mass is 16.5. The molecule has 3 fully saturated rings. The third-order valence-electron chi connectivity index (χ3n) is 11.0. The summed E-state index contributed by atoms with van der Waals surface area (Å²) in [6, 6.07) is 0. The number of esters is 2. The third-order valence-corrected chi connectivity index (χ3v) is 11.0. The van der Waals surface area contributed by atoms with Crippen molar-refractivity contribution >= 4 is 11.9 Å². The van der Waals surface area contributed by atoms with Gasteiger partial charge in [0.15, 0.2) is 0 Å². The highest BCUT2D eigenvalue weighted by Gasteiger charge is 2.73. The molecule has 5 rings (SSSR count). The van der Waals surface area contributed by atoms with E-state index in [1.807, 2.05) is 13.8 Å². The Hall–Kier alpha value is -1.84. The maximum absolute atomic E-state index is 12.9. The van der Waals surface area contributed by atoms with Crippen LogP contribution in [0.2, 0.25) is 0 Å². The summed E-state index contributed by atoms with van der Waals surface area (Å²) in [6.45, 7) is 6.60. The van der Waals surface area contributed by atoms with E-state index < -0.39 is 28.6 Å². The van der Waals surface area contributed by atoms with E-state index in [9.17, 15) is 19.8 Å². The maximum Gasteiger partial charge on any atom is 0.331 e. The molecule has 2 bridgehead atoms. The van der Waals surface area contributed by atoms with Gasteiger partial charge < -0.3 is 19.7 Å². The Balaban J connectivity index is 1.64. The average molecular weight is 499 g/mol. The zero-order valence-corrected chi connectivity index (χ0v) is 22.1. The van der Waals surface area contributed by atoms with E-state index in [0.717, 1.165) is 24.8 Å². The quantitative estimate of drug-likeness (QED) is 0.439. The third kappa shape index (κ3) is 3.84. The SMILES string of the molecule is CC1(C2CCCCC2)CCC(O)C2(C)C1C1CC(C)(C#CCCC(=O)O1)C2(O)CCC1=CC(=O)OC1. The fraction of sp³-hybridized carbons (Fsp3) is 0.800. The Kier molecular flexibility index (Phi) is 6.57. The fourth-order valence-electron chi connectivity index (χ4n) is 9.00. The first-order chi connectivity index (χ1) is 17.0. The van der Waals surface area contributed by atoms with Crippen LogP contribution < -0.4 is 0 Å². The average Bonchev–Trinajstić information content (AvgIpc) is 3.29. The summed E-state index contributed by atoms with van der Waals surface area (Å²) < 4.78 is 11.4. The summed E-state index contributed by atoms with van der Waals surface area (Å²) >= 11 is 0. The molecule has 0 aromatic heterocycles. The van der Waals surface area contributed by atoms with E-state index in [1.54, 1.807) is 0 Å². The molecule has 0 radical (unpaired) electrons. The Labute approximate surface area is 215 Å². The van der Waals surface area contributed by atoms with Crippen molar-refractivity contribution < 1.29 is 29.3 Å². The summed E-state index contributed by atoms with van der Waals surface area (Å²) in [5, 5.41) is 24.7. The Morgan fingerprint density at radius 3 is 2.56 bits per heavy atom. The van der Waals surface area contributed by atoms with Crippen molar-refractivity contribution in [1.29, 1.82) is 0 Å². The van der Waals surface area contributed by atoms with E-state index >= 15 is 0 Å². The molecule has 36 heavy (non-hydrogen) atoms. The van der Waals surface area contributed by atoms with Gasteiger partial charge >= 0.3 is 11.9 Å². The summed E-state index contributed by atoms with van der Waals surface area (Å²) in [6.07, 6.45) is 9.74. The van der Waals surface area contributed by atoms with Gasteiger partial charge in [0.25, 0.3) is 0 Å². The van der Waals surface area contributed by atoms with Gasteiger partial charge in [-0.15, -0.1) is 5.92 Å². The fourth-order valence-corrected chi connectivity index (χ4v) is 9.00. The summed E-state index contributed by atoms with van der Waals surface area (Å²) in [4.78, 5) is 24.6. The van der Waals surface area contributed by atoms with Crippen LogP contribution in [0.5, 0.6) is 0 Å². The van der Waals surface area contributed by atoms with Gasteiger partial charge in [0.05, 0.1) is 23.5 Å². The molecule has 5 aliphatic rings. The minimum atomic E-state index is -1.34. The predicted molar refractivity (Wildman–Crippen MR) is 134 cm³/mol. The normalized spacial score (nSPS) is 45.1. The Morgan fingerprint density at radius 1 is 1.11 bits per heavy atom. The van der Waals surface area contributed by atoms with Gasteiger partial charge in [-0.2, -0.15) is 0 Å². The van der Waals surface area contributed by atoms with E-state index in [2.05, 4.69) is 18.8 Å². The molecule has 7 unspecified atom stereocenters. The number of hydrogen-bond acceptors (Lipinski definition) is 6. The zero-order valence-electron chi connectivity index (χ0n) is 22.1. The van der Waals surface area contributed by atoms with Crippen LogP contribution in [-0.2, 0) is 19.1 Å². The lowest BCUT2D eigenvalue weighted by molar-refractivity contribution is -0.304. The predicted octanol–water partition coefficient (Wildman–Crippen LogP) is 4.46. The minimum absolute atomic E-state index is 0.165. The van der Waals surface area contributed by atoms with Crippen LogP contribution in [0, 0.1) is 39.9 Å². The highest BCUT2D eigenvalue weighted by Crippen LogP contribution is 2.70. The molecule has 0 spiro atoms. The molecule has 6 nitrogen and oxygen atoms in total. The first kappa shape index (κ1) is 25.8. The number of carbonyl (C=O) groups is 2. The molecule has 0 saturated heterocycles. The first-order valence-corrected chi connectivity index (χ1v) is 14.0. The number of ether oxygens (including phenoxy) is 2.